The molecule has 21 heavy (non-hydrogen) atoms. The molecule has 2 aromatic carbocycles. The van der Waals surface area contributed by atoms with Crippen LogP contribution in [0.1, 0.15) is 35.3 Å². The summed E-state index contributed by atoms with van der Waals surface area (Å²) in [5, 5.41) is 2.93. The maximum Gasteiger partial charge on any atom is 0.259 e. The molecule has 3 nitrogen and oxygen atoms in total. The lowest BCUT2D eigenvalue weighted by molar-refractivity contribution is 0.102. The van der Waals surface area contributed by atoms with E-state index in [-0.39, 0.29) is 12.0 Å². The molecule has 0 bridgehead atoms. The minimum atomic E-state index is -0.156. The number of ether oxygens (including phenoxy) is 1. The molecule has 0 radical (unpaired) electrons. The fraction of sp³-hybridized carbons (Fsp3) is 0.278. The second-order valence-corrected chi connectivity index (χ2v) is 5.49. The second kappa shape index (κ2) is 6.44. The topological polar surface area (TPSA) is 38.3 Å². The number of carbonyl (C=O) groups excluding carboxylic acids is 1. The number of carbonyl (C=O) groups is 1. The Bertz CT molecular complexity index is 627. The van der Waals surface area contributed by atoms with Gasteiger partial charge in [0, 0.05) is 5.69 Å². The van der Waals surface area contributed by atoms with E-state index in [0.717, 1.165) is 16.8 Å². The molecule has 110 valence electrons. The van der Waals surface area contributed by atoms with Crippen molar-refractivity contribution >= 4 is 11.6 Å². The molecule has 0 aliphatic heterocycles. The molecular formula is C18H21NO2. The van der Waals surface area contributed by atoms with E-state index in [0.29, 0.717) is 11.3 Å². The summed E-state index contributed by atoms with van der Waals surface area (Å²) in [7, 11) is 0. The van der Waals surface area contributed by atoms with Crippen LogP contribution in [0, 0.1) is 13.8 Å². The third-order valence-corrected chi connectivity index (χ3v) is 2.97. The van der Waals surface area contributed by atoms with Crippen LogP contribution in [-0.4, -0.2) is 12.0 Å². The molecule has 3 heteroatoms. The van der Waals surface area contributed by atoms with Gasteiger partial charge in [0.15, 0.2) is 0 Å². The summed E-state index contributed by atoms with van der Waals surface area (Å²) < 4.78 is 5.69. The van der Waals surface area contributed by atoms with Gasteiger partial charge in [0.25, 0.3) is 5.91 Å². The van der Waals surface area contributed by atoms with Gasteiger partial charge in [-0.15, -0.1) is 0 Å². The Hall–Kier alpha value is -2.29. The van der Waals surface area contributed by atoms with Crippen LogP contribution in [-0.2, 0) is 0 Å². The van der Waals surface area contributed by atoms with Gasteiger partial charge >= 0.3 is 0 Å². The predicted octanol–water partition coefficient (Wildman–Crippen LogP) is 4.34. The molecule has 1 N–H and O–H groups in total. The fourth-order valence-corrected chi connectivity index (χ4v) is 2.26. The average molecular weight is 283 g/mol. The van der Waals surface area contributed by atoms with Crippen LogP contribution in [0.5, 0.6) is 5.75 Å². The van der Waals surface area contributed by atoms with Crippen molar-refractivity contribution in [3.8, 4) is 5.75 Å². The smallest absolute Gasteiger partial charge is 0.259 e. The van der Waals surface area contributed by atoms with Crippen molar-refractivity contribution in [2.75, 3.05) is 5.32 Å². The maximum absolute atomic E-state index is 12.4. The summed E-state index contributed by atoms with van der Waals surface area (Å²) in [6.07, 6.45) is 0.0279. The summed E-state index contributed by atoms with van der Waals surface area (Å²) in [5.74, 6) is 0.450. The Morgan fingerprint density at radius 2 is 1.67 bits per heavy atom. The first-order chi connectivity index (χ1) is 9.95. The molecule has 0 spiro atoms. The Labute approximate surface area is 126 Å². The molecule has 2 aromatic rings. The summed E-state index contributed by atoms with van der Waals surface area (Å²) in [5.41, 5.74) is 3.59. The standard InChI is InChI=1S/C18H21NO2/c1-12(2)21-17-8-6-5-7-16(17)18(20)19-15-10-13(3)9-14(4)11-15/h5-12H,1-4H3,(H,19,20). The van der Waals surface area contributed by atoms with Crippen LogP contribution < -0.4 is 10.1 Å². The molecule has 1 amide bonds. The van der Waals surface area contributed by atoms with Crippen molar-refractivity contribution in [3.05, 3.63) is 59.2 Å². The molecule has 0 unspecified atom stereocenters. The van der Waals surface area contributed by atoms with Gasteiger partial charge in [0.1, 0.15) is 5.75 Å². The number of hydrogen-bond donors (Lipinski definition) is 1. The van der Waals surface area contributed by atoms with E-state index in [1.165, 1.54) is 0 Å². The minimum absolute atomic E-state index is 0.0279. The highest BCUT2D eigenvalue weighted by molar-refractivity contribution is 6.06. The molecule has 0 saturated carbocycles. The Morgan fingerprint density at radius 3 is 2.29 bits per heavy atom. The highest BCUT2D eigenvalue weighted by Crippen LogP contribution is 2.21. The Kier molecular flexibility index (Phi) is 4.63. The first-order valence-corrected chi connectivity index (χ1v) is 7.11. The van der Waals surface area contributed by atoms with Gasteiger partial charge in [-0.3, -0.25) is 4.79 Å². The van der Waals surface area contributed by atoms with Crippen LogP contribution in [0.25, 0.3) is 0 Å². The fourth-order valence-electron chi connectivity index (χ4n) is 2.26. The van der Waals surface area contributed by atoms with Crippen LogP contribution in [0.15, 0.2) is 42.5 Å². The van der Waals surface area contributed by atoms with E-state index in [1.807, 2.05) is 58.0 Å². The predicted molar refractivity (Wildman–Crippen MR) is 86.1 cm³/mol. The maximum atomic E-state index is 12.4. The molecule has 0 aliphatic rings. The summed E-state index contributed by atoms with van der Waals surface area (Å²) in [6.45, 7) is 7.91. The van der Waals surface area contributed by atoms with Crippen LogP contribution in [0.2, 0.25) is 0 Å². The van der Waals surface area contributed by atoms with Crippen molar-refractivity contribution in [2.45, 2.75) is 33.8 Å². The lowest BCUT2D eigenvalue weighted by Crippen LogP contribution is -2.15. The van der Waals surface area contributed by atoms with Crippen LogP contribution in [0.4, 0.5) is 5.69 Å². The van der Waals surface area contributed by atoms with Crippen LogP contribution >= 0.6 is 0 Å². The first-order valence-electron chi connectivity index (χ1n) is 7.11. The number of amides is 1. The highest BCUT2D eigenvalue weighted by Gasteiger charge is 2.13. The monoisotopic (exact) mass is 283 g/mol. The molecule has 2 rings (SSSR count). The van der Waals surface area contributed by atoms with Crippen molar-refractivity contribution in [1.29, 1.82) is 0 Å². The van der Waals surface area contributed by atoms with Gasteiger partial charge in [0.05, 0.1) is 11.7 Å². The van der Waals surface area contributed by atoms with E-state index in [9.17, 15) is 4.79 Å². The molecule has 0 aliphatic carbocycles. The number of para-hydroxylation sites is 1. The van der Waals surface area contributed by atoms with Gasteiger partial charge in [-0.1, -0.05) is 18.2 Å². The average Bonchev–Trinajstić information content (AvgIpc) is 2.37. The van der Waals surface area contributed by atoms with Gasteiger partial charge in [0.2, 0.25) is 0 Å². The molecule has 0 aromatic heterocycles. The summed E-state index contributed by atoms with van der Waals surface area (Å²) >= 11 is 0. The van der Waals surface area contributed by atoms with Gasteiger partial charge in [-0.05, 0) is 63.1 Å². The Morgan fingerprint density at radius 1 is 1.05 bits per heavy atom. The molecule has 0 saturated heterocycles. The molecule has 0 fully saturated rings. The van der Waals surface area contributed by atoms with E-state index >= 15 is 0 Å². The van der Waals surface area contributed by atoms with Crippen LogP contribution in [0.3, 0.4) is 0 Å². The third-order valence-electron chi connectivity index (χ3n) is 2.97. The zero-order valence-electron chi connectivity index (χ0n) is 12.9. The largest absolute Gasteiger partial charge is 0.490 e. The quantitative estimate of drug-likeness (QED) is 0.906. The number of hydrogen-bond acceptors (Lipinski definition) is 2. The third kappa shape index (κ3) is 4.09. The van der Waals surface area contributed by atoms with Crippen molar-refractivity contribution in [2.24, 2.45) is 0 Å². The van der Waals surface area contributed by atoms with Gasteiger partial charge in [-0.25, -0.2) is 0 Å². The van der Waals surface area contributed by atoms with Gasteiger partial charge in [-0.2, -0.15) is 0 Å². The number of nitrogens with one attached hydrogen (secondary N) is 1. The molecular weight excluding hydrogens is 262 g/mol. The lowest BCUT2D eigenvalue weighted by Gasteiger charge is -2.14. The van der Waals surface area contributed by atoms with Gasteiger partial charge < -0.3 is 10.1 Å². The summed E-state index contributed by atoms with van der Waals surface area (Å²) in [6, 6.07) is 13.3. The van der Waals surface area contributed by atoms with Crippen molar-refractivity contribution < 1.29 is 9.53 Å². The van der Waals surface area contributed by atoms with E-state index in [4.69, 9.17) is 4.74 Å². The second-order valence-electron chi connectivity index (χ2n) is 5.49. The van der Waals surface area contributed by atoms with E-state index < -0.39 is 0 Å². The van der Waals surface area contributed by atoms with Crippen molar-refractivity contribution in [3.63, 3.8) is 0 Å². The molecule has 0 heterocycles. The lowest BCUT2D eigenvalue weighted by atomic mass is 10.1. The van der Waals surface area contributed by atoms with E-state index in [2.05, 4.69) is 11.4 Å². The normalized spacial score (nSPS) is 10.5. The number of aryl methyl sites for hydroxylation is 2. The Balaban J connectivity index is 2.24. The minimum Gasteiger partial charge on any atom is -0.490 e. The number of benzene rings is 2. The first kappa shape index (κ1) is 15.1. The summed E-state index contributed by atoms with van der Waals surface area (Å²) in [4.78, 5) is 12.4. The number of rotatable bonds is 4. The zero-order valence-corrected chi connectivity index (χ0v) is 12.9. The highest BCUT2D eigenvalue weighted by atomic mass is 16.5. The SMILES string of the molecule is Cc1cc(C)cc(NC(=O)c2ccccc2OC(C)C)c1. The van der Waals surface area contributed by atoms with E-state index in [1.54, 1.807) is 6.07 Å². The zero-order chi connectivity index (χ0) is 15.4. The molecule has 0 atom stereocenters. The number of anilines is 1. The van der Waals surface area contributed by atoms with Crippen molar-refractivity contribution in [1.82, 2.24) is 0 Å².